The lowest BCUT2D eigenvalue weighted by atomic mass is 10.1. The van der Waals surface area contributed by atoms with Gasteiger partial charge in [0.15, 0.2) is 18.1 Å². The molecule has 0 spiro atoms. The zero-order chi connectivity index (χ0) is 21.7. The molecule has 1 aliphatic rings. The molecule has 10 heteroatoms. The molecule has 2 aromatic rings. The molecule has 0 bridgehead atoms. The van der Waals surface area contributed by atoms with Crippen molar-refractivity contribution in [2.75, 3.05) is 32.1 Å². The number of fused-ring (bicyclic) bond motifs is 1. The summed E-state index contributed by atoms with van der Waals surface area (Å²) in [5.74, 6) is 0.0389. The van der Waals surface area contributed by atoms with Crippen LogP contribution >= 0.6 is 0 Å². The van der Waals surface area contributed by atoms with Crippen molar-refractivity contribution in [1.82, 2.24) is 4.90 Å². The van der Waals surface area contributed by atoms with Gasteiger partial charge in [-0.3, -0.25) is 14.9 Å². The second kappa shape index (κ2) is 9.12. The second-order valence-electron chi connectivity index (χ2n) is 6.49. The van der Waals surface area contributed by atoms with E-state index in [0.29, 0.717) is 37.8 Å². The molecule has 0 fully saturated rings. The lowest BCUT2D eigenvalue weighted by Gasteiger charge is -2.23. The molecule has 0 saturated heterocycles. The fourth-order valence-electron chi connectivity index (χ4n) is 2.91. The van der Waals surface area contributed by atoms with Gasteiger partial charge in [0.05, 0.1) is 10.5 Å². The molecule has 2 aromatic carbocycles. The molecule has 1 heterocycles. The molecule has 0 saturated carbocycles. The summed E-state index contributed by atoms with van der Waals surface area (Å²) in [5.41, 5.74) is 5.84. The lowest BCUT2D eigenvalue weighted by molar-refractivity contribution is -0.383. The number of nitrogen functional groups attached to an aromatic ring is 1. The van der Waals surface area contributed by atoms with E-state index in [1.807, 2.05) is 12.1 Å². The predicted molar refractivity (Wildman–Crippen MR) is 106 cm³/mol. The van der Waals surface area contributed by atoms with Gasteiger partial charge < -0.3 is 24.8 Å². The summed E-state index contributed by atoms with van der Waals surface area (Å²) < 4.78 is 16.1. The molecule has 0 atom stereocenters. The van der Waals surface area contributed by atoms with Gasteiger partial charge in [-0.15, -0.1) is 0 Å². The third-order valence-corrected chi connectivity index (χ3v) is 4.50. The standard InChI is InChI=1S/C20H21N3O7/c1-2-22(11-13-3-6-17-18(9-13)29-8-7-28-17)19(24)12-30-20(25)14-4-5-15(21)16(10-14)23(26)27/h3-6,9-10H,2,7-8,11-12,21H2,1H3. The smallest absolute Gasteiger partial charge is 0.338 e. The Labute approximate surface area is 172 Å². The minimum absolute atomic E-state index is 0.0569. The number of rotatable bonds is 7. The van der Waals surface area contributed by atoms with Gasteiger partial charge in [-0.25, -0.2) is 4.79 Å². The van der Waals surface area contributed by atoms with Crippen LogP contribution in [0.15, 0.2) is 36.4 Å². The maximum absolute atomic E-state index is 12.5. The predicted octanol–water partition coefficient (Wildman–Crippen LogP) is 2.15. The molecule has 1 aliphatic heterocycles. The van der Waals surface area contributed by atoms with Crippen LogP contribution in [0.3, 0.4) is 0 Å². The summed E-state index contributed by atoms with van der Waals surface area (Å²) in [5, 5.41) is 11.0. The third-order valence-electron chi connectivity index (χ3n) is 4.50. The number of likely N-dealkylation sites (N-methyl/N-ethyl adjacent to an activating group) is 1. The topological polar surface area (TPSA) is 134 Å². The SMILES string of the molecule is CCN(Cc1ccc2c(c1)OCCO2)C(=O)COC(=O)c1ccc(N)c([N+](=O)[O-])c1. The molecule has 30 heavy (non-hydrogen) atoms. The first-order valence-corrected chi connectivity index (χ1v) is 9.26. The maximum Gasteiger partial charge on any atom is 0.338 e. The summed E-state index contributed by atoms with van der Waals surface area (Å²) >= 11 is 0. The van der Waals surface area contributed by atoms with Crippen LogP contribution in [0.2, 0.25) is 0 Å². The van der Waals surface area contributed by atoms with E-state index in [1.54, 1.807) is 13.0 Å². The largest absolute Gasteiger partial charge is 0.486 e. The van der Waals surface area contributed by atoms with Gasteiger partial charge in [0.2, 0.25) is 0 Å². The van der Waals surface area contributed by atoms with Crippen molar-refractivity contribution in [2.24, 2.45) is 0 Å². The Morgan fingerprint density at radius 3 is 2.60 bits per heavy atom. The average Bonchev–Trinajstić information content (AvgIpc) is 2.75. The lowest BCUT2D eigenvalue weighted by Crippen LogP contribution is -2.34. The fraction of sp³-hybridized carbons (Fsp3) is 0.300. The highest BCUT2D eigenvalue weighted by Gasteiger charge is 2.20. The highest BCUT2D eigenvalue weighted by molar-refractivity contribution is 5.92. The number of benzene rings is 2. The van der Waals surface area contributed by atoms with E-state index >= 15 is 0 Å². The number of anilines is 1. The number of nitrogens with zero attached hydrogens (tertiary/aromatic N) is 2. The fourth-order valence-corrected chi connectivity index (χ4v) is 2.91. The Morgan fingerprint density at radius 2 is 1.90 bits per heavy atom. The maximum atomic E-state index is 12.5. The first-order chi connectivity index (χ1) is 14.4. The van der Waals surface area contributed by atoms with Crippen molar-refractivity contribution in [3.63, 3.8) is 0 Å². The quantitative estimate of drug-likeness (QED) is 0.315. The Kier molecular flexibility index (Phi) is 6.35. The number of ether oxygens (including phenoxy) is 3. The molecule has 158 valence electrons. The number of nitrogens with two attached hydrogens (primary N) is 1. The Bertz CT molecular complexity index is 977. The van der Waals surface area contributed by atoms with E-state index in [-0.39, 0.29) is 11.3 Å². The molecule has 0 aliphatic carbocycles. The van der Waals surface area contributed by atoms with Gasteiger partial charge in [-0.1, -0.05) is 6.07 Å². The molecule has 2 N–H and O–H groups in total. The van der Waals surface area contributed by atoms with Gasteiger partial charge in [0.1, 0.15) is 18.9 Å². The summed E-state index contributed by atoms with van der Waals surface area (Å²) in [6, 6.07) is 9.01. The van der Waals surface area contributed by atoms with E-state index < -0.39 is 29.1 Å². The van der Waals surface area contributed by atoms with Gasteiger partial charge in [-0.2, -0.15) is 0 Å². The number of hydrogen-bond donors (Lipinski definition) is 1. The van der Waals surface area contributed by atoms with Crippen LogP contribution in [-0.4, -0.2) is 48.1 Å². The molecule has 1 amide bonds. The van der Waals surface area contributed by atoms with Crippen LogP contribution in [0.5, 0.6) is 11.5 Å². The Morgan fingerprint density at radius 1 is 1.17 bits per heavy atom. The normalized spacial score (nSPS) is 12.2. The molecule has 3 rings (SSSR count). The zero-order valence-electron chi connectivity index (χ0n) is 16.3. The van der Waals surface area contributed by atoms with Gasteiger partial charge in [0.25, 0.3) is 11.6 Å². The van der Waals surface area contributed by atoms with Crippen LogP contribution in [0.25, 0.3) is 0 Å². The van der Waals surface area contributed by atoms with Crippen molar-refractivity contribution in [3.8, 4) is 11.5 Å². The number of nitro benzene ring substituents is 1. The molecule has 0 radical (unpaired) electrons. The van der Waals surface area contributed by atoms with Crippen molar-refractivity contribution in [2.45, 2.75) is 13.5 Å². The van der Waals surface area contributed by atoms with Crippen molar-refractivity contribution in [1.29, 1.82) is 0 Å². The van der Waals surface area contributed by atoms with E-state index in [0.717, 1.165) is 11.6 Å². The van der Waals surface area contributed by atoms with Crippen LogP contribution in [0, 0.1) is 10.1 Å². The van der Waals surface area contributed by atoms with Crippen molar-refractivity contribution >= 4 is 23.3 Å². The molecule has 0 unspecified atom stereocenters. The summed E-state index contributed by atoms with van der Waals surface area (Å²) in [6.07, 6.45) is 0. The average molecular weight is 415 g/mol. The molecule has 10 nitrogen and oxygen atoms in total. The summed E-state index contributed by atoms with van der Waals surface area (Å²) in [6.45, 7) is 2.98. The first kappa shape index (κ1) is 20.9. The number of hydrogen-bond acceptors (Lipinski definition) is 8. The van der Waals surface area contributed by atoms with Gasteiger partial charge in [-0.05, 0) is 36.8 Å². The number of amides is 1. The monoisotopic (exact) mass is 415 g/mol. The van der Waals surface area contributed by atoms with Crippen LogP contribution in [0.4, 0.5) is 11.4 Å². The van der Waals surface area contributed by atoms with Crippen LogP contribution in [0.1, 0.15) is 22.8 Å². The summed E-state index contributed by atoms with van der Waals surface area (Å²) in [4.78, 5) is 36.5. The molecular weight excluding hydrogens is 394 g/mol. The summed E-state index contributed by atoms with van der Waals surface area (Å²) in [7, 11) is 0. The van der Waals surface area contributed by atoms with E-state index in [1.165, 1.54) is 17.0 Å². The van der Waals surface area contributed by atoms with E-state index in [2.05, 4.69) is 0 Å². The number of esters is 1. The highest BCUT2D eigenvalue weighted by atomic mass is 16.6. The minimum Gasteiger partial charge on any atom is -0.486 e. The van der Waals surface area contributed by atoms with Gasteiger partial charge in [0, 0.05) is 19.2 Å². The van der Waals surface area contributed by atoms with Crippen LogP contribution < -0.4 is 15.2 Å². The van der Waals surface area contributed by atoms with E-state index in [4.69, 9.17) is 19.9 Å². The highest BCUT2D eigenvalue weighted by Crippen LogP contribution is 2.31. The molecular formula is C20H21N3O7. The minimum atomic E-state index is -0.846. The Balaban J connectivity index is 1.61. The second-order valence-corrected chi connectivity index (χ2v) is 6.49. The van der Waals surface area contributed by atoms with E-state index in [9.17, 15) is 19.7 Å². The number of nitro groups is 1. The van der Waals surface area contributed by atoms with Crippen LogP contribution in [-0.2, 0) is 16.1 Å². The number of carbonyl (C=O) groups excluding carboxylic acids is 2. The molecule has 0 aromatic heterocycles. The third kappa shape index (κ3) is 4.77. The zero-order valence-corrected chi connectivity index (χ0v) is 16.3. The van der Waals surface area contributed by atoms with Crippen molar-refractivity contribution < 1.29 is 28.7 Å². The Hall–Kier alpha value is -3.82. The first-order valence-electron chi connectivity index (χ1n) is 9.26. The number of carbonyl (C=O) groups is 2. The van der Waals surface area contributed by atoms with Gasteiger partial charge >= 0.3 is 5.97 Å². The van der Waals surface area contributed by atoms with Crippen molar-refractivity contribution in [3.05, 3.63) is 57.6 Å².